The Labute approximate surface area is 130 Å². The molecule has 122 valence electrons. The minimum atomic E-state index is -1.14. The number of aromatic nitrogens is 1. The van der Waals surface area contributed by atoms with Gasteiger partial charge < -0.3 is 10.1 Å². The van der Waals surface area contributed by atoms with Crippen molar-refractivity contribution in [3.8, 4) is 5.75 Å². The molecule has 0 spiro atoms. The second-order valence-corrected chi connectivity index (χ2v) is 5.43. The number of nitrogens with zero attached hydrogens (tertiary/aromatic N) is 1. The Bertz CT molecular complexity index is 681. The molecule has 23 heavy (non-hydrogen) atoms. The Morgan fingerprint density at radius 3 is 2.39 bits per heavy atom. The summed E-state index contributed by atoms with van der Waals surface area (Å²) in [6.45, 7) is 1.28. The van der Waals surface area contributed by atoms with Crippen LogP contribution >= 0.6 is 0 Å². The van der Waals surface area contributed by atoms with E-state index in [0.717, 1.165) is 12.7 Å². The van der Waals surface area contributed by atoms with E-state index in [1.165, 1.54) is 12.3 Å². The molecule has 3 nitrogen and oxygen atoms in total. The average Bonchev–Trinajstić information content (AvgIpc) is 3.00. The second-order valence-electron chi connectivity index (χ2n) is 5.43. The van der Waals surface area contributed by atoms with Gasteiger partial charge in [0.05, 0.1) is 6.20 Å². The summed E-state index contributed by atoms with van der Waals surface area (Å²) >= 11 is 0. The van der Waals surface area contributed by atoms with Gasteiger partial charge in [0.2, 0.25) is 0 Å². The molecule has 7 heteroatoms. The van der Waals surface area contributed by atoms with Crippen LogP contribution in [0.4, 0.5) is 17.6 Å². The minimum Gasteiger partial charge on any atom is -0.479 e. The molecule has 0 aliphatic carbocycles. The van der Waals surface area contributed by atoms with Crippen LogP contribution in [-0.4, -0.2) is 18.1 Å². The zero-order valence-corrected chi connectivity index (χ0v) is 12.0. The maximum absolute atomic E-state index is 13.8. The second kappa shape index (κ2) is 6.54. The summed E-state index contributed by atoms with van der Waals surface area (Å²) in [6, 6.07) is 2.31. The Kier molecular flexibility index (Phi) is 4.47. The highest BCUT2D eigenvalue weighted by atomic mass is 19.1. The van der Waals surface area contributed by atoms with Crippen LogP contribution in [0.2, 0.25) is 0 Å². The zero-order chi connectivity index (χ0) is 16.4. The van der Waals surface area contributed by atoms with Crippen LogP contribution in [0.3, 0.4) is 0 Å². The van der Waals surface area contributed by atoms with Crippen molar-refractivity contribution < 1.29 is 22.3 Å². The van der Waals surface area contributed by atoms with Gasteiger partial charge >= 0.3 is 0 Å². The van der Waals surface area contributed by atoms with Crippen molar-refractivity contribution in [1.29, 1.82) is 0 Å². The fraction of sp³-hybridized carbons (Fsp3) is 0.312. The highest BCUT2D eigenvalue weighted by Gasteiger charge is 2.30. The first-order chi connectivity index (χ1) is 11.0. The zero-order valence-electron chi connectivity index (χ0n) is 12.0. The highest BCUT2D eigenvalue weighted by Crippen LogP contribution is 2.34. The van der Waals surface area contributed by atoms with E-state index in [9.17, 15) is 17.6 Å². The van der Waals surface area contributed by atoms with E-state index >= 15 is 0 Å². The summed E-state index contributed by atoms with van der Waals surface area (Å²) < 4.78 is 59.6. The summed E-state index contributed by atoms with van der Waals surface area (Å²) in [7, 11) is 0. The fourth-order valence-electron chi connectivity index (χ4n) is 2.72. The predicted octanol–water partition coefficient (Wildman–Crippen LogP) is 3.37. The number of halogens is 4. The standard InChI is InChI=1S/C16H14F4N2O/c17-11-4-13(19)16(14(20)5-11)23-15(9-1-2-21-6-9)10-3-12(18)8-22-7-10/h3-5,7-9,15,21H,1-2,6H2. The largest absolute Gasteiger partial charge is 0.479 e. The number of hydrogen-bond donors (Lipinski definition) is 1. The maximum Gasteiger partial charge on any atom is 0.191 e. The number of benzene rings is 1. The molecule has 1 aliphatic rings. The van der Waals surface area contributed by atoms with Gasteiger partial charge in [0, 0.05) is 36.4 Å². The summed E-state index contributed by atoms with van der Waals surface area (Å²) in [6.07, 6.45) is 2.34. The number of pyridine rings is 1. The summed E-state index contributed by atoms with van der Waals surface area (Å²) in [4.78, 5) is 3.75. The van der Waals surface area contributed by atoms with Gasteiger partial charge in [-0.05, 0) is 19.0 Å². The Balaban J connectivity index is 1.96. The van der Waals surface area contributed by atoms with Gasteiger partial charge in [-0.1, -0.05) is 0 Å². The number of ether oxygens (including phenoxy) is 1. The normalized spacial score (nSPS) is 18.9. The monoisotopic (exact) mass is 326 g/mol. The molecule has 1 N–H and O–H groups in total. The molecule has 0 bridgehead atoms. The number of nitrogens with one attached hydrogen (secondary N) is 1. The fourth-order valence-corrected chi connectivity index (χ4v) is 2.72. The van der Waals surface area contributed by atoms with Crippen molar-refractivity contribution >= 4 is 0 Å². The smallest absolute Gasteiger partial charge is 0.191 e. The van der Waals surface area contributed by atoms with E-state index in [-0.39, 0.29) is 5.92 Å². The van der Waals surface area contributed by atoms with E-state index in [1.54, 1.807) is 0 Å². The molecule has 1 aliphatic heterocycles. The third-order valence-corrected chi connectivity index (χ3v) is 3.79. The molecule has 1 aromatic carbocycles. The summed E-state index contributed by atoms with van der Waals surface area (Å²) in [5.74, 6) is -4.65. The lowest BCUT2D eigenvalue weighted by Gasteiger charge is -2.25. The first kappa shape index (κ1) is 15.7. The van der Waals surface area contributed by atoms with Gasteiger partial charge in [-0.2, -0.15) is 0 Å². The molecule has 2 atom stereocenters. The molecule has 1 saturated heterocycles. The van der Waals surface area contributed by atoms with Gasteiger partial charge in [0.15, 0.2) is 17.4 Å². The van der Waals surface area contributed by atoms with E-state index in [1.807, 2.05) is 0 Å². The molecule has 1 aromatic heterocycles. The summed E-state index contributed by atoms with van der Waals surface area (Å²) in [5, 5.41) is 3.12. The molecule has 1 fully saturated rings. The Morgan fingerprint density at radius 2 is 1.78 bits per heavy atom. The van der Waals surface area contributed by atoms with Gasteiger partial charge in [-0.15, -0.1) is 0 Å². The molecule has 0 radical (unpaired) electrons. The first-order valence-electron chi connectivity index (χ1n) is 7.17. The van der Waals surface area contributed by atoms with Gasteiger partial charge in [-0.25, -0.2) is 17.6 Å². The average molecular weight is 326 g/mol. The third-order valence-electron chi connectivity index (χ3n) is 3.79. The van der Waals surface area contributed by atoms with Crippen LogP contribution in [0.25, 0.3) is 0 Å². The number of rotatable bonds is 4. The number of hydrogen-bond acceptors (Lipinski definition) is 3. The van der Waals surface area contributed by atoms with Crippen LogP contribution in [0.5, 0.6) is 5.75 Å². The van der Waals surface area contributed by atoms with Crippen molar-refractivity contribution in [2.24, 2.45) is 5.92 Å². The van der Waals surface area contributed by atoms with Crippen molar-refractivity contribution in [3.63, 3.8) is 0 Å². The lowest BCUT2D eigenvalue weighted by Crippen LogP contribution is -2.22. The molecular weight excluding hydrogens is 312 g/mol. The highest BCUT2D eigenvalue weighted by molar-refractivity contribution is 5.29. The van der Waals surface area contributed by atoms with Crippen LogP contribution in [0.15, 0.2) is 30.6 Å². The lowest BCUT2D eigenvalue weighted by atomic mass is 9.95. The summed E-state index contributed by atoms with van der Waals surface area (Å²) in [5.41, 5.74) is 0.377. The van der Waals surface area contributed by atoms with Crippen LogP contribution in [-0.2, 0) is 0 Å². The van der Waals surface area contributed by atoms with Crippen LogP contribution < -0.4 is 10.1 Å². The molecule has 0 amide bonds. The van der Waals surface area contributed by atoms with Crippen molar-refractivity contribution in [2.45, 2.75) is 12.5 Å². The lowest BCUT2D eigenvalue weighted by molar-refractivity contribution is 0.130. The van der Waals surface area contributed by atoms with Crippen molar-refractivity contribution in [1.82, 2.24) is 10.3 Å². The van der Waals surface area contributed by atoms with Crippen molar-refractivity contribution in [3.05, 3.63) is 59.4 Å². The van der Waals surface area contributed by atoms with Crippen LogP contribution in [0, 0.1) is 29.2 Å². The molecule has 2 unspecified atom stereocenters. The van der Waals surface area contributed by atoms with E-state index in [0.29, 0.717) is 30.7 Å². The molecular formula is C16H14F4N2O. The van der Waals surface area contributed by atoms with Crippen LogP contribution in [0.1, 0.15) is 18.1 Å². The molecule has 2 heterocycles. The van der Waals surface area contributed by atoms with E-state index in [2.05, 4.69) is 10.3 Å². The molecule has 0 saturated carbocycles. The first-order valence-corrected chi connectivity index (χ1v) is 7.17. The third kappa shape index (κ3) is 3.44. The quantitative estimate of drug-likeness (QED) is 0.875. The topological polar surface area (TPSA) is 34.1 Å². The predicted molar refractivity (Wildman–Crippen MR) is 74.9 cm³/mol. The Hall–Kier alpha value is -2.15. The van der Waals surface area contributed by atoms with Gasteiger partial charge in [-0.3, -0.25) is 4.98 Å². The Morgan fingerprint density at radius 1 is 1.04 bits per heavy atom. The van der Waals surface area contributed by atoms with Crippen molar-refractivity contribution in [2.75, 3.05) is 13.1 Å². The maximum atomic E-state index is 13.8. The van der Waals surface area contributed by atoms with Gasteiger partial charge in [0.1, 0.15) is 17.7 Å². The van der Waals surface area contributed by atoms with E-state index in [4.69, 9.17) is 4.74 Å². The van der Waals surface area contributed by atoms with E-state index < -0.39 is 35.1 Å². The molecule has 2 aromatic rings. The molecule has 3 rings (SSSR count). The SMILES string of the molecule is Fc1cncc(C(Oc2c(F)cc(F)cc2F)C2CCNC2)c1. The minimum absolute atomic E-state index is 0.109. The van der Waals surface area contributed by atoms with Gasteiger partial charge in [0.25, 0.3) is 0 Å².